The third kappa shape index (κ3) is 3.69. The summed E-state index contributed by atoms with van der Waals surface area (Å²) < 4.78 is 10.6. The van der Waals surface area contributed by atoms with Gasteiger partial charge < -0.3 is 19.5 Å². The zero-order valence-corrected chi connectivity index (χ0v) is 15.9. The van der Waals surface area contributed by atoms with Crippen LogP contribution in [0.25, 0.3) is 11.4 Å². The first-order valence-corrected chi connectivity index (χ1v) is 9.26. The number of nitrogens with zero attached hydrogens (tertiary/aromatic N) is 3. The molecule has 0 bridgehead atoms. The maximum atomic E-state index is 12.8. The maximum Gasteiger partial charge on any atom is 0.322 e. The molecule has 0 spiro atoms. The predicted molar refractivity (Wildman–Crippen MR) is 105 cm³/mol. The Morgan fingerprint density at radius 3 is 2.82 bits per heavy atom. The largest absolute Gasteiger partial charge is 0.497 e. The summed E-state index contributed by atoms with van der Waals surface area (Å²) in [5.41, 5.74) is 2.75. The van der Waals surface area contributed by atoms with E-state index in [4.69, 9.17) is 9.26 Å². The summed E-state index contributed by atoms with van der Waals surface area (Å²) in [6.45, 7) is 2.67. The van der Waals surface area contributed by atoms with E-state index in [0.717, 1.165) is 29.7 Å². The second-order valence-electron chi connectivity index (χ2n) is 6.84. The molecular weight excluding hydrogens is 356 g/mol. The minimum absolute atomic E-state index is 0.178. The third-order valence-corrected chi connectivity index (χ3v) is 4.86. The van der Waals surface area contributed by atoms with E-state index in [0.29, 0.717) is 23.9 Å². The van der Waals surface area contributed by atoms with Crippen LogP contribution in [-0.4, -0.2) is 34.7 Å². The summed E-state index contributed by atoms with van der Waals surface area (Å²) in [6, 6.07) is 14.8. The molecule has 2 aromatic carbocycles. The van der Waals surface area contributed by atoms with Gasteiger partial charge in [-0.1, -0.05) is 28.9 Å². The summed E-state index contributed by atoms with van der Waals surface area (Å²) in [6.07, 6.45) is 1.69. The quantitative estimate of drug-likeness (QED) is 0.727. The van der Waals surface area contributed by atoms with Gasteiger partial charge in [-0.15, -0.1) is 0 Å². The van der Waals surface area contributed by atoms with Gasteiger partial charge in [-0.3, -0.25) is 0 Å². The lowest BCUT2D eigenvalue weighted by Crippen LogP contribution is -2.34. The summed E-state index contributed by atoms with van der Waals surface area (Å²) >= 11 is 0. The molecule has 1 N–H and O–H groups in total. The van der Waals surface area contributed by atoms with Crippen molar-refractivity contribution in [2.24, 2.45) is 0 Å². The number of carbonyl (C=O) groups is 1. The fourth-order valence-corrected chi connectivity index (χ4v) is 3.41. The van der Waals surface area contributed by atoms with Crippen LogP contribution in [0.1, 0.15) is 30.3 Å². The summed E-state index contributed by atoms with van der Waals surface area (Å²) in [4.78, 5) is 19.1. The van der Waals surface area contributed by atoms with Crippen LogP contribution in [0.3, 0.4) is 0 Å². The van der Waals surface area contributed by atoms with Crippen molar-refractivity contribution in [3.8, 4) is 17.1 Å². The number of nitrogens with one attached hydrogen (secondary N) is 1. The van der Waals surface area contributed by atoms with Gasteiger partial charge in [-0.05, 0) is 50.1 Å². The highest BCUT2D eigenvalue weighted by Gasteiger charge is 2.34. The molecular formula is C21H22N4O3. The SMILES string of the molecule is COc1ccc(NC(=O)N2CCC[C@H]2c2nc(-c3cccc(C)c3)no2)cc1. The summed E-state index contributed by atoms with van der Waals surface area (Å²) in [7, 11) is 1.61. The van der Waals surface area contributed by atoms with Crippen molar-refractivity contribution < 1.29 is 14.1 Å². The Hall–Kier alpha value is -3.35. The van der Waals surface area contributed by atoms with Gasteiger partial charge in [0.2, 0.25) is 11.7 Å². The highest BCUT2D eigenvalue weighted by atomic mass is 16.5. The number of methoxy groups -OCH3 is 1. The molecule has 0 radical (unpaired) electrons. The Morgan fingerprint density at radius 2 is 2.07 bits per heavy atom. The van der Waals surface area contributed by atoms with Crippen molar-refractivity contribution in [1.29, 1.82) is 0 Å². The molecule has 1 fully saturated rings. The molecule has 7 heteroatoms. The molecule has 144 valence electrons. The first-order valence-electron chi connectivity index (χ1n) is 9.26. The Bertz CT molecular complexity index is 968. The highest BCUT2D eigenvalue weighted by Crippen LogP contribution is 2.32. The van der Waals surface area contributed by atoms with Crippen molar-refractivity contribution in [2.75, 3.05) is 19.0 Å². The van der Waals surface area contributed by atoms with Crippen molar-refractivity contribution in [2.45, 2.75) is 25.8 Å². The van der Waals surface area contributed by atoms with Gasteiger partial charge >= 0.3 is 6.03 Å². The molecule has 0 saturated carbocycles. The van der Waals surface area contributed by atoms with Gasteiger partial charge in [0.05, 0.1) is 7.11 Å². The molecule has 0 unspecified atom stereocenters. The number of ether oxygens (including phenoxy) is 1. The Balaban J connectivity index is 1.49. The van der Waals surface area contributed by atoms with E-state index in [-0.39, 0.29) is 12.1 Å². The number of likely N-dealkylation sites (tertiary alicyclic amines) is 1. The number of rotatable bonds is 4. The maximum absolute atomic E-state index is 12.8. The monoisotopic (exact) mass is 378 g/mol. The van der Waals surface area contributed by atoms with Crippen molar-refractivity contribution in [3.05, 3.63) is 60.0 Å². The third-order valence-electron chi connectivity index (χ3n) is 4.86. The Morgan fingerprint density at radius 1 is 1.25 bits per heavy atom. The van der Waals surface area contributed by atoms with Crippen LogP contribution in [0.2, 0.25) is 0 Å². The fourth-order valence-electron chi connectivity index (χ4n) is 3.41. The lowest BCUT2D eigenvalue weighted by molar-refractivity contribution is 0.193. The molecule has 3 aromatic rings. The Labute approximate surface area is 163 Å². The van der Waals surface area contributed by atoms with Gasteiger partial charge in [-0.2, -0.15) is 4.98 Å². The van der Waals surface area contributed by atoms with E-state index in [9.17, 15) is 4.79 Å². The van der Waals surface area contributed by atoms with Crippen LogP contribution in [0.15, 0.2) is 53.1 Å². The van der Waals surface area contributed by atoms with Crippen molar-refractivity contribution in [3.63, 3.8) is 0 Å². The number of hydrogen-bond acceptors (Lipinski definition) is 5. The van der Waals surface area contributed by atoms with E-state index >= 15 is 0 Å². The first-order chi connectivity index (χ1) is 13.6. The van der Waals surface area contributed by atoms with Crippen LogP contribution >= 0.6 is 0 Å². The van der Waals surface area contributed by atoms with E-state index in [1.54, 1.807) is 12.0 Å². The van der Waals surface area contributed by atoms with Gasteiger partial charge in [0.15, 0.2) is 0 Å². The zero-order valence-electron chi connectivity index (χ0n) is 15.9. The summed E-state index contributed by atoms with van der Waals surface area (Å²) in [5, 5.41) is 7.03. The van der Waals surface area contributed by atoms with Crippen LogP contribution in [0.4, 0.5) is 10.5 Å². The number of benzene rings is 2. The number of urea groups is 1. The van der Waals surface area contributed by atoms with E-state index in [1.165, 1.54) is 0 Å². The minimum Gasteiger partial charge on any atom is -0.497 e. The molecule has 7 nitrogen and oxygen atoms in total. The Kier molecular flexibility index (Phi) is 4.97. The van der Waals surface area contributed by atoms with E-state index < -0.39 is 0 Å². The fraction of sp³-hybridized carbons (Fsp3) is 0.286. The van der Waals surface area contributed by atoms with Gasteiger partial charge in [0.25, 0.3) is 0 Å². The van der Waals surface area contributed by atoms with Gasteiger partial charge in [-0.25, -0.2) is 4.79 Å². The number of amides is 2. The number of aryl methyl sites for hydroxylation is 1. The average molecular weight is 378 g/mol. The average Bonchev–Trinajstić information content (AvgIpc) is 3.38. The second kappa shape index (κ2) is 7.72. The van der Waals surface area contributed by atoms with Gasteiger partial charge in [0, 0.05) is 17.8 Å². The molecule has 1 aliphatic heterocycles. The summed E-state index contributed by atoms with van der Waals surface area (Å²) in [5.74, 6) is 1.76. The van der Waals surface area contributed by atoms with Crippen LogP contribution in [0, 0.1) is 6.92 Å². The number of carbonyl (C=O) groups excluding carboxylic acids is 1. The van der Waals surface area contributed by atoms with E-state index in [1.807, 2.05) is 55.5 Å². The molecule has 2 amide bonds. The zero-order chi connectivity index (χ0) is 19.5. The van der Waals surface area contributed by atoms with Gasteiger partial charge in [0.1, 0.15) is 11.8 Å². The first kappa shape index (κ1) is 18.0. The lowest BCUT2D eigenvalue weighted by atomic mass is 10.1. The number of hydrogen-bond donors (Lipinski definition) is 1. The molecule has 1 atom stereocenters. The molecule has 28 heavy (non-hydrogen) atoms. The lowest BCUT2D eigenvalue weighted by Gasteiger charge is -2.22. The minimum atomic E-state index is -0.218. The van der Waals surface area contributed by atoms with Crippen LogP contribution in [0.5, 0.6) is 5.75 Å². The standard InChI is InChI=1S/C21H22N4O3/c1-14-5-3-6-15(13-14)19-23-20(28-24-19)18-7-4-12-25(18)21(26)22-16-8-10-17(27-2)11-9-16/h3,5-6,8-11,13,18H,4,7,12H2,1-2H3,(H,22,26)/t18-/m0/s1. The highest BCUT2D eigenvalue weighted by molar-refractivity contribution is 5.89. The molecule has 1 aliphatic rings. The van der Waals surface area contributed by atoms with Crippen LogP contribution < -0.4 is 10.1 Å². The normalized spacial score (nSPS) is 16.2. The van der Waals surface area contributed by atoms with Crippen molar-refractivity contribution in [1.82, 2.24) is 15.0 Å². The van der Waals surface area contributed by atoms with E-state index in [2.05, 4.69) is 15.5 Å². The molecule has 1 saturated heterocycles. The smallest absolute Gasteiger partial charge is 0.322 e. The number of aromatic nitrogens is 2. The predicted octanol–water partition coefficient (Wildman–Crippen LogP) is 4.42. The number of anilines is 1. The van der Waals surface area contributed by atoms with Crippen molar-refractivity contribution >= 4 is 11.7 Å². The second-order valence-corrected chi connectivity index (χ2v) is 6.84. The molecule has 2 heterocycles. The van der Waals surface area contributed by atoms with Crippen LogP contribution in [-0.2, 0) is 0 Å². The topological polar surface area (TPSA) is 80.5 Å². The molecule has 4 rings (SSSR count). The molecule has 1 aromatic heterocycles. The molecule has 0 aliphatic carbocycles.